The molecule has 3 fully saturated rings. The first-order valence-electron chi connectivity index (χ1n) is 13.5. The van der Waals surface area contributed by atoms with E-state index in [1.54, 1.807) is 33.9 Å². The van der Waals surface area contributed by atoms with Gasteiger partial charge in [-0.2, -0.15) is 0 Å². The second kappa shape index (κ2) is 10.7. The van der Waals surface area contributed by atoms with Crippen LogP contribution in [0.4, 0.5) is 0 Å². The molecule has 0 saturated carbocycles. The third kappa shape index (κ3) is 4.37. The molecule has 3 aliphatic heterocycles. The fourth-order valence-electron chi connectivity index (χ4n) is 6.88. The van der Waals surface area contributed by atoms with Crippen molar-refractivity contribution in [2.24, 2.45) is 17.8 Å². The Morgan fingerprint density at radius 3 is 2.39 bits per heavy atom. The van der Waals surface area contributed by atoms with Crippen LogP contribution >= 0.6 is 0 Å². The number of fused-ring (bicyclic) bond motifs is 1. The summed E-state index contributed by atoms with van der Waals surface area (Å²) < 4.78 is 6.73. The van der Waals surface area contributed by atoms with Gasteiger partial charge in [-0.3, -0.25) is 14.4 Å². The summed E-state index contributed by atoms with van der Waals surface area (Å²) in [7, 11) is 1.70. The third-order valence-corrected chi connectivity index (χ3v) is 8.68. The number of hydrogen-bond donors (Lipinski definition) is 1. The normalized spacial score (nSPS) is 30.3. The molecule has 3 aliphatic rings. The van der Waals surface area contributed by atoms with Crippen molar-refractivity contribution in [2.75, 3.05) is 26.7 Å². The monoisotopic (exact) mass is 523 g/mol. The Labute approximate surface area is 225 Å². The van der Waals surface area contributed by atoms with Crippen molar-refractivity contribution in [1.29, 1.82) is 0 Å². The molecule has 2 unspecified atom stereocenters. The number of carbonyl (C=O) groups excluding carboxylic acids is 3. The number of ether oxygens (including phenoxy) is 1. The van der Waals surface area contributed by atoms with Crippen LogP contribution in [0.5, 0.6) is 0 Å². The number of rotatable bonds is 11. The largest absolute Gasteiger partial charge is 0.394 e. The topological polar surface area (TPSA) is 90.4 Å². The van der Waals surface area contributed by atoms with E-state index in [-0.39, 0.29) is 30.2 Å². The van der Waals surface area contributed by atoms with Crippen LogP contribution in [-0.2, 0) is 25.7 Å². The quantitative estimate of drug-likeness (QED) is 0.451. The lowest BCUT2D eigenvalue weighted by molar-refractivity contribution is -0.157. The second-order valence-electron chi connectivity index (χ2n) is 11.5. The molecule has 3 heterocycles. The van der Waals surface area contributed by atoms with Gasteiger partial charge < -0.3 is 24.5 Å². The predicted octanol–water partition coefficient (Wildman–Crippen LogP) is 2.63. The van der Waals surface area contributed by atoms with Gasteiger partial charge >= 0.3 is 0 Å². The van der Waals surface area contributed by atoms with E-state index >= 15 is 0 Å². The van der Waals surface area contributed by atoms with Crippen molar-refractivity contribution in [3.05, 3.63) is 61.2 Å². The van der Waals surface area contributed by atoms with Crippen LogP contribution in [-0.4, -0.2) is 87.6 Å². The fourth-order valence-corrected chi connectivity index (χ4v) is 6.88. The number of benzene rings is 1. The zero-order valence-corrected chi connectivity index (χ0v) is 23.0. The average molecular weight is 524 g/mol. The van der Waals surface area contributed by atoms with Gasteiger partial charge in [-0.1, -0.05) is 56.3 Å². The molecule has 8 nitrogen and oxygen atoms in total. The van der Waals surface area contributed by atoms with E-state index in [4.69, 9.17) is 4.74 Å². The van der Waals surface area contributed by atoms with E-state index in [9.17, 15) is 19.5 Å². The number of amides is 3. The smallest absolute Gasteiger partial charge is 0.249 e. The Hall–Kier alpha value is -2.97. The van der Waals surface area contributed by atoms with Crippen LogP contribution in [0, 0.1) is 17.8 Å². The van der Waals surface area contributed by atoms with Crippen LogP contribution in [0.1, 0.15) is 39.2 Å². The van der Waals surface area contributed by atoms with E-state index in [1.807, 2.05) is 51.1 Å². The highest BCUT2D eigenvalue weighted by atomic mass is 16.5. The molecule has 2 bridgehead atoms. The van der Waals surface area contributed by atoms with E-state index in [2.05, 4.69) is 13.2 Å². The molecule has 1 aromatic rings. The number of likely N-dealkylation sites (tertiary alicyclic amines) is 1. The highest BCUT2D eigenvalue weighted by Crippen LogP contribution is 2.64. The van der Waals surface area contributed by atoms with Gasteiger partial charge in [0.15, 0.2) is 0 Å². The van der Waals surface area contributed by atoms with Crippen molar-refractivity contribution < 1.29 is 24.2 Å². The van der Waals surface area contributed by atoms with Gasteiger partial charge in [-0.15, -0.1) is 13.2 Å². The molecular weight excluding hydrogens is 482 g/mol. The molecule has 38 heavy (non-hydrogen) atoms. The first-order valence-corrected chi connectivity index (χ1v) is 13.5. The number of aliphatic hydroxyl groups is 1. The second-order valence-corrected chi connectivity index (χ2v) is 11.5. The maximum absolute atomic E-state index is 14.5. The predicted molar refractivity (Wildman–Crippen MR) is 145 cm³/mol. The third-order valence-electron chi connectivity index (χ3n) is 8.68. The minimum atomic E-state index is -1.14. The lowest BCUT2D eigenvalue weighted by atomic mass is 9.66. The minimum absolute atomic E-state index is 0.109. The van der Waals surface area contributed by atoms with Crippen LogP contribution in [0.15, 0.2) is 55.6 Å². The van der Waals surface area contributed by atoms with Crippen molar-refractivity contribution in [3.8, 4) is 0 Å². The van der Waals surface area contributed by atoms with Crippen molar-refractivity contribution in [1.82, 2.24) is 14.7 Å². The molecule has 8 heteroatoms. The van der Waals surface area contributed by atoms with Gasteiger partial charge in [0.2, 0.25) is 17.7 Å². The molecule has 4 rings (SSSR count). The Morgan fingerprint density at radius 1 is 1.16 bits per heavy atom. The summed E-state index contributed by atoms with van der Waals surface area (Å²) in [5, 5.41) is 10.4. The first-order chi connectivity index (χ1) is 18.1. The number of aliphatic hydroxyl groups excluding tert-OH is 1. The van der Waals surface area contributed by atoms with E-state index in [1.165, 1.54) is 0 Å². The van der Waals surface area contributed by atoms with E-state index in [0.29, 0.717) is 32.5 Å². The Bertz CT molecular complexity index is 1090. The molecule has 1 spiro atoms. The summed E-state index contributed by atoms with van der Waals surface area (Å²) in [4.78, 5) is 47.3. The Morgan fingerprint density at radius 2 is 1.82 bits per heavy atom. The summed E-state index contributed by atoms with van der Waals surface area (Å²) in [5.74, 6) is -2.35. The van der Waals surface area contributed by atoms with Gasteiger partial charge in [-0.25, -0.2) is 0 Å². The number of carbonyl (C=O) groups is 3. The van der Waals surface area contributed by atoms with Crippen LogP contribution in [0.25, 0.3) is 0 Å². The molecule has 0 aromatic heterocycles. The zero-order valence-electron chi connectivity index (χ0n) is 23.0. The molecular formula is C30H41N3O5. The first kappa shape index (κ1) is 28.0. The highest BCUT2D eigenvalue weighted by molar-refractivity contribution is 5.99. The van der Waals surface area contributed by atoms with Gasteiger partial charge in [0.25, 0.3) is 0 Å². The van der Waals surface area contributed by atoms with Crippen molar-refractivity contribution in [3.63, 3.8) is 0 Å². The van der Waals surface area contributed by atoms with Crippen LogP contribution in [0.3, 0.4) is 0 Å². The molecule has 3 saturated heterocycles. The number of nitrogens with zero attached hydrogens (tertiary/aromatic N) is 3. The Balaban J connectivity index is 1.81. The molecule has 1 aromatic carbocycles. The summed E-state index contributed by atoms with van der Waals surface area (Å²) >= 11 is 0. The summed E-state index contributed by atoms with van der Waals surface area (Å²) in [5.41, 5.74) is -1.04. The average Bonchev–Trinajstić information content (AvgIpc) is 3.45. The zero-order chi connectivity index (χ0) is 27.8. The summed E-state index contributed by atoms with van der Waals surface area (Å²) in [6.45, 7) is 14.0. The highest BCUT2D eigenvalue weighted by Gasteiger charge is 2.78. The lowest BCUT2D eigenvalue weighted by Gasteiger charge is -2.40. The van der Waals surface area contributed by atoms with E-state index < -0.39 is 35.1 Å². The van der Waals surface area contributed by atoms with Crippen molar-refractivity contribution in [2.45, 2.75) is 63.4 Å². The summed E-state index contributed by atoms with van der Waals surface area (Å²) in [6, 6.07) is 8.13. The molecule has 1 N–H and O–H groups in total. The van der Waals surface area contributed by atoms with Crippen LogP contribution < -0.4 is 0 Å². The van der Waals surface area contributed by atoms with Gasteiger partial charge in [0.05, 0.1) is 30.1 Å². The maximum Gasteiger partial charge on any atom is 0.249 e. The summed E-state index contributed by atoms with van der Waals surface area (Å²) in [6.07, 6.45) is 4.38. The van der Waals surface area contributed by atoms with E-state index in [0.717, 1.165) is 5.56 Å². The minimum Gasteiger partial charge on any atom is -0.394 e. The molecule has 6 atom stereocenters. The molecule has 0 aliphatic carbocycles. The van der Waals surface area contributed by atoms with Gasteiger partial charge in [-0.05, 0) is 31.2 Å². The van der Waals surface area contributed by atoms with Crippen LogP contribution in [0.2, 0.25) is 0 Å². The number of hydrogen-bond acceptors (Lipinski definition) is 5. The maximum atomic E-state index is 14.5. The van der Waals surface area contributed by atoms with Crippen molar-refractivity contribution >= 4 is 17.7 Å². The molecule has 0 radical (unpaired) electrons. The molecule has 3 amide bonds. The lowest BCUT2D eigenvalue weighted by Crippen LogP contribution is -2.59. The molecule has 206 valence electrons. The van der Waals surface area contributed by atoms with Gasteiger partial charge in [0.1, 0.15) is 11.6 Å². The standard InChI is InChI=1S/C30H41N3O5/c1-7-16-31(6)26(35)23-24-27(36)33(22(19-34)20(3)4)25(30(24)15-14-29(23,5)38-30)28(37)32(17-8-2)18-21-12-10-9-11-13-21/h7-13,20,22-25,34H,1-2,14-19H2,3-6H3/t22-,23-,24-,25?,29+,30?/m0/s1. The van der Waals surface area contributed by atoms with Gasteiger partial charge in [0, 0.05) is 26.7 Å². The number of likely N-dealkylation sites (N-methyl/N-ethyl adjacent to an activating group) is 1. The SMILES string of the molecule is C=CCN(C)C(=O)[C@@H]1[C@H]2C(=O)N([C@@H](CO)C(C)C)C(C(=O)N(CC=C)Cc3ccccc3)C23CC[C@@]1(C)O3. The Kier molecular flexibility index (Phi) is 7.86. The fraction of sp³-hybridized carbons (Fsp3) is 0.567.